The van der Waals surface area contributed by atoms with E-state index in [4.69, 9.17) is 0 Å². The van der Waals surface area contributed by atoms with Crippen LogP contribution in [0.15, 0.2) is 0 Å². The van der Waals surface area contributed by atoms with Gasteiger partial charge in [-0.25, -0.2) is 0 Å². The molecular weight excluding hydrogens is 148 g/mol. The normalized spacial score (nSPS) is 18.8. The molecule has 0 saturated heterocycles. The van der Waals surface area contributed by atoms with Crippen LogP contribution in [0.4, 0.5) is 0 Å². The third-order valence-electron chi connectivity index (χ3n) is 2.48. The van der Waals surface area contributed by atoms with E-state index in [9.17, 15) is 5.11 Å². The van der Waals surface area contributed by atoms with E-state index in [1.54, 1.807) is 0 Å². The average molecular weight is 171 g/mol. The van der Waals surface area contributed by atoms with Crippen LogP contribution in [0.1, 0.15) is 46.5 Å². The van der Waals surface area contributed by atoms with Gasteiger partial charge in [-0.1, -0.05) is 40.0 Å². The molecule has 1 nitrogen and oxygen atoms in total. The van der Waals surface area contributed by atoms with Gasteiger partial charge in [0.25, 0.3) is 0 Å². The molecule has 0 aromatic rings. The van der Waals surface area contributed by atoms with Crippen LogP contribution in [-0.4, -0.2) is 11.2 Å². The minimum atomic E-state index is -0.394. The molecule has 0 amide bonds. The Bertz CT molecular complexity index is 99.2. The summed E-state index contributed by atoms with van der Waals surface area (Å²) in [5, 5.41) is 9.18. The van der Waals surface area contributed by atoms with Crippen LogP contribution in [0.2, 0.25) is 0 Å². The van der Waals surface area contributed by atoms with Gasteiger partial charge in [-0.15, -0.1) is 0 Å². The molecule has 0 rings (SSSR count). The minimum Gasteiger partial charge on any atom is -0.393 e. The molecule has 0 aromatic heterocycles. The van der Waals surface area contributed by atoms with E-state index < -0.39 is 6.10 Å². The molecule has 0 aliphatic rings. The molecule has 73 valence electrons. The molecule has 0 aliphatic heterocycles. The van der Waals surface area contributed by atoms with Gasteiger partial charge in [0.1, 0.15) is 0 Å². The van der Waals surface area contributed by atoms with Crippen LogP contribution in [0.5, 0.6) is 0 Å². The van der Waals surface area contributed by atoms with Crippen molar-refractivity contribution in [2.24, 2.45) is 11.8 Å². The molecule has 0 spiro atoms. The maximum absolute atomic E-state index is 9.18. The number of hydrogen-bond donors (Lipinski definition) is 1. The first-order valence-corrected chi connectivity index (χ1v) is 5.09. The molecule has 3 unspecified atom stereocenters. The highest BCUT2D eigenvalue weighted by atomic mass is 16.3. The Morgan fingerprint density at radius 1 is 1.33 bits per heavy atom. The Morgan fingerprint density at radius 2 is 1.92 bits per heavy atom. The summed E-state index contributed by atoms with van der Waals surface area (Å²) in [5.41, 5.74) is 0. The Kier molecular flexibility index (Phi) is 6.45. The summed E-state index contributed by atoms with van der Waals surface area (Å²) in [6.45, 7) is 10.2. The van der Waals surface area contributed by atoms with Crippen molar-refractivity contribution >= 4 is 0 Å². The van der Waals surface area contributed by atoms with Gasteiger partial charge in [-0.05, 0) is 25.2 Å². The van der Waals surface area contributed by atoms with Gasteiger partial charge in [-0.3, -0.25) is 0 Å². The van der Waals surface area contributed by atoms with Crippen molar-refractivity contribution in [2.45, 2.75) is 52.6 Å². The van der Waals surface area contributed by atoms with Crippen molar-refractivity contribution in [3.63, 3.8) is 0 Å². The van der Waals surface area contributed by atoms with Crippen molar-refractivity contribution in [1.29, 1.82) is 0 Å². The fraction of sp³-hybridized carbons (Fsp3) is 0.909. The third-order valence-corrected chi connectivity index (χ3v) is 2.48. The first-order chi connectivity index (χ1) is 5.57. The van der Waals surface area contributed by atoms with E-state index in [-0.39, 0.29) is 0 Å². The van der Waals surface area contributed by atoms with Crippen LogP contribution in [0, 0.1) is 18.8 Å². The fourth-order valence-corrected chi connectivity index (χ4v) is 1.46. The highest BCUT2D eigenvalue weighted by molar-refractivity contribution is 4.68. The zero-order valence-electron chi connectivity index (χ0n) is 8.71. The van der Waals surface area contributed by atoms with Gasteiger partial charge in [0, 0.05) is 0 Å². The molecule has 0 bridgehead atoms. The quantitative estimate of drug-likeness (QED) is 0.651. The Hall–Kier alpha value is -0.0400. The van der Waals surface area contributed by atoms with Crippen LogP contribution in [0.25, 0.3) is 0 Å². The number of rotatable bonds is 6. The average Bonchev–Trinajstić information content (AvgIpc) is 2.00. The van der Waals surface area contributed by atoms with Gasteiger partial charge >= 0.3 is 0 Å². The van der Waals surface area contributed by atoms with Crippen molar-refractivity contribution in [2.75, 3.05) is 0 Å². The van der Waals surface area contributed by atoms with Gasteiger partial charge in [-0.2, -0.15) is 0 Å². The van der Waals surface area contributed by atoms with E-state index in [1.165, 1.54) is 19.3 Å². The lowest BCUT2D eigenvalue weighted by atomic mass is 9.90. The number of hydrogen-bond acceptors (Lipinski definition) is 1. The van der Waals surface area contributed by atoms with E-state index in [0.29, 0.717) is 5.92 Å². The largest absolute Gasteiger partial charge is 0.393 e. The summed E-state index contributed by atoms with van der Waals surface area (Å²) in [6, 6.07) is 0. The number of unbranched alkanes of at least 4 members (excludes halogenated alkanes) is 1. The summed E-state index contributed by atoms with van der Waals surface area (Å²) in [5.74, 6) is 1.08. The maximum atomic E-state index is 9.18. The Balaban J connectivity index is 3.47. The first kappa shape index (κ1) is 12.0. The molecular formula is C11H23O. The van der Waals surface area contributed by atoms with Crippen molar-refractivity contribution in [3.05, 3.63) is 6.92 Å². The molecule has 1 N–H and O–H groups in total. The summed E-state index contributed by atoms with van der Waals surface area (Å²) in [4.78, 5) is 0. The topological polar surface area (TPSA) is 20.2 Å². The second-order valence-electron chi connectivity index (χ2n) is 4.03. The first-order valence-electron chi connectivity index (χ1n) is 5.09. The number of aliphatic hydroxyl groups excluding tert-OH is 1. The number of aliphatic hydroxyl groups is 1. The lowest BCUT2D eigenvalue weighted by Gasteiger charge is -2.18. The molecule has 1 heteroatoms. The van der Waals surface area contributed by atoms with Crippen molar-refractivity contribution in [1.82, 2.24) is 0 Å². The predicted octanol–water partition coefficient (Wildman–Crippen LogP) is 3.03. The molecule has 1 radical (unpaired) electrons. The van der Waals surface area contributed by atoms with E-state index in [0.717, 1.165) is 12.3 Å². The second-order valence-corrected chi connectivity index (χ2v) is 4.03. The summed E-state index contributed by atoms with van der Waals surface area (Å²) in [6.07, 6.45) is 4.57. The maximum Gasteiger partial charge on any atom is 0.0566 e. The molecule has 0 aliphatic carbocycles. The standard InChI is InChI=1S/C11H23O/c1-5-6-7-9(2)8-10(3)11(4)12/h9-12H,4-8H2,1-3H3. The Labute approximate surface area is 77.2 Å². The summed E-state index contributed by atoms with van der Waals surface area (Å²) in [7, 11) is 0. The lowest BCUT2D eigenvalue weighted by Crippen LogP contribution is -2.16. The van der Waals surface area contributed by atoms with Crippen molar-refractivity contribution < 1.29 is 5.11 Å². The molecule has 0 aromatic carbocycles. The molecule has 0 heterocycles. The van der Waals surface area contributed by atoms with E-state index in [2.05, 4.69) is 27.7 Å². The monoisotopic (exact) mass is 171 g/mol. The van der Waals surface area contributed by atoms with Crippen LogP contribution in [-0.2, 0) is 0 Å². The van der Waals surface area contributed by atoms with E-state index >= 15 is 0 Å². The fourth-order valence-electron chi connectivity index (χ4n) is 1.46. The van der Waals surface area contributed by atoms with Gasteiger partial charge < -0.3 is 5.11 Å². The SMILES string of the molecule is [CH2]C(O)C(C)CC(C)CCCC. The zero-order valence-corrected chi connectivity index (χ0v) is 8.71. The van der Waals surface area contributed by atoms with Crippen LogP contribution < -0.4 is 0 Å². The van der Waals surface area contributed by atoms with Crippen LogP contribution >= 0.6 is 0 Å². The molecule has 12 heavy (non-hydrogen) atoms. The van der Waals surface area contributed by atoms with Gasteiger partial charge in [0.05, 0.1) is 6.10 Å². The minimum absolute atomic E-state index is 0.344. The van der Waals surface area contributed by atoms with E-state index in [1.807, 2.05) is 0 Å². The summed E-state index contributed by atoms with van der Waals surface area (Å²) < 4.78 is 0. The highest BCUT2D eigenvalue weighted by Gasteiger charge is 2.12. The molecule has 3 atom stereocenters. The predicted molar refractivity (Wildman–Crippen MR) is 53.8 cm³/mol. The second kappa shape index (κ2) is 6.47. The molecule has 0 saturated carbocycles. The zero-order chi connectivity index (χ0) is 9.56. The smallest absolute Gasteiger partial charge is 0.0566 e. The van der Waals surface area contributed by atoms with Crippen LogP contribution in [0.3, 0.4) is 0 Å². The summed E-state index contributed by atoms with van der Waals surface area (Å²) >= 11 is 0. The van der Waals surface area contributed by atoms with Gasteiger partial charge in [0.2, 0.25) is 0 Å². The Morgan fingerprint density at radius 3 is 2.33 bits per heavy atom. The highest BCUT2D eigenvalue weighted by Crippen LogP contribution is 2.19. The lowest BCUT2D eigenvalue weighted by molar-refractivity contribution is 0.142. The van der Waals surface area contributed by atoms with Gasteiger partial charge in [0.15, 0.2) is 0 Å². The third kappa shape index (κ3) is 5.59. The molecule has 0 fully saturated rings. The van der Waals surface area contributed by atoms with Crippen molar-refractivity contribution in [3.8, 4) is 0 Å².